The number of aromatic nitrogens is 2. The van der Waals surface area contributed by atoms with E-state index in [0.29, 0.717) is 36.6 Å². The first kappa shape index (κ1) is 17.0. The highest BCUT2D eigenvalue weighted by Crippen LogP contribution is 2.22. The second-order valence-corrected chi connectivity index (χ2v) is 6.41. The van der Waals surface area contributed by atoms with Crippen LogP contribution in [-0.4, -0.2) is 38.4 Å². The average Bonchev–Trinajstić information content (AvgIpc) is 3.22. The minimum atomic E-state index is -0.540. The van der Waals surface area contributed by atoms with Crippen LogP contribution in [0.4, 0.5) is 0 Å². The van der Waals surface area contributed by atoms with Crippen molar-refractivity contribution < 1.29 is 14.8 Å². The van der Waals surface area contributed by atoms with Gasteiger partial charge in [0.05, 0.1) is 6.20 Å². The SMILES string of the molecule is O=C(NO)c1ccc2c(c1)CCN(C(=O)c1cnc(-c3ccccc3)[nH]1)C2. The fourth-order valence-electron chi connectivity index (χ4n) is 3.28. The third-order valence-corrected chi connectivity index (χ3v) is 4.72. The van der Waals surface area contributed by atoms with E-state index in [0.717, 1.165) is 16.7 Å². The Morgan fingerprint density at radius 3 is 2.70 bits per heavy atom. The van der Waals surface area contributed by atoms with Gasteiger partial charge < -0.3 is 9.88 Å². The summed E-state index contributed by atoms with van der Waals surface area (Å²) in [7, 11) is 0. The largest absolute Gasteiger partial charge is 0.334 e. The first-order valence-corrected chi connectivity index (χ1v) is 8.61. The van der Waals surface area contributed by atoms with Crippen molar-refractivity contribution in [2.24, 2.45) is 0 Å². The molecule has 0 atom stereocenters. The summed E-state index contributed by atoms with van der Waals surface area (Å²) in [6.45, 7) is 1.02. The van der Waals surface area contributed by atoms with Crippen LogP contribution in [-0.2, 0) is 13.0 Å². The molecule has 1 aliphatic rings. The number of hydrogen-bond donors (Lipinski definition) is 3. The summed E-state index contributed by atoms with van der Waals surface area (Å²) in [4.78, 5) is 33.5. The van der Waals surface area contributed by atoms with Gasteiger partial charge in [0.25, 0.3) is 11.8 Å². The summed E-state index contributed by atoms with van der Waals surface area (Å²) in [6.07, 6.45) is 2.21. The molecular weight excluding hydrogens is 344 g/mol. The molecule has 3 N–H and O–H groups in total. The average molecular weight is 362 g/mol. The first-order valence-electron chi connectivity index (χ1n) is 8.61. The second kappa shape index (κ2) is 7.05. The zero-order valence-electron chi connectivity index (χ0n) is 14.5. The van der Waals surface area contributed by atoms with Crippen molar-refractivity contribution in [1.82, 2.24) is 20.3 Å². The summed E-state index contributed by atoms with van der Waals surface area (Å²) < 4.78 is 0. The number of hydrogen-bond acceptors (Lipinski definition) is 4. The lowest BCUT2D eigenvalue weighted by atomic mass is 9.97. The van der Waals surface area contributed by atoms with Crippen LogP contribution in [0.3, 0.4) is 0 Å². The number of nitrogens with one attached hydrogen (secondary N) is 2. The van der Waals surface area contributed by atoms with Crippen molar-refractivity contribution in [3.63, 3.8) is 0 Å². The molecule has 1 aromatic heterocycles. The number of H-pyrrole nitrogens is 1. The summed E-state index contributed by atoms with van der Waals surface area (Å²) in [6, 6.07) is 14.9. The molecule has 7 nitrogen and oxygen atoms in total. The smallest absolute Gasteiger partial charge is 0.274 e. The van der Waals surface area contributed by atoms with Crippen LogP contribution in [0.1, 0.15) is 32.0 Å². The van der Waals surface area contributed by atoms with Gasteiger partial charge in [-0.15, -0.1) is 0 Å². The Morgan fingerprint density at radius 1 is 1.11 bits per heavy atom. The minimum absolute atomic E-state index is 0.104. The van der Waals surface area contributed by atoms with Gasteiger partial charge in [-0.3, -0.25) is 14.8 Å². The first-order chi connectivity index (χ1) is 13.2. The molecule has 2 amide bonds. The van der Waals surface area contributed by atoms with Crippen molar-refractivity contribution in [1.29, 1.82) is 0 Å². The van der Waals surface area contributed by atoms with Crippen molar-refractivity contribution in [2.75, 3.05) is 6.54 Å². The minimum Gasteiger partial charge on any atom is -0.334 e. The lowest BCUT2D eigenvalue weighted by Gasteiger charge is -2.28. The number of amides is 2. The lowest BCUT2D eigenvalue weighted by Crippen LogP contribution is -2.36. The van der Waals surface area contributed by atoms with Crippen molar-refractivity contribution in [2.45, 2.75) is 13.0 Å². The van der Waals surface area contributed by atoms with Gasteiger partial charge in [0.15, 0.2) is 0 Å². The molecule has 2 heterocycles. The molecule has 2 aromatic carbocycles. The van der Waals surface area contributed by atoms with E-state index in [1.807, 2.05) is 36.4 Å². The van der Waals surface area contributed by atoms with Gasteiger partial charge in [-0.05, 0) is 29.7 Å². The Hall–Kier alpha value is -3.45. The van der Waals surface area contributed by atoms with Gasteiger partial charge in [-0.1, -0.05) is 36.4 Å². The predicted molar refractivity (Wildman–Crippen MR) is 98.2 cm³/mol. The second-order valence-electron chi connectivity index (χ2n) is 6.41. The van der Waals surface area contributed by atoms with E-state index in [1.54, 1.807) is 28.7 Å². The van der Waals surface area contributed by atoms with E-state index in [4.69, 9.17) is 5.21 Å². The van der Waals surface area contributed by atoms with Crippen LogP contribution < -0.4 is 5.48 Å². The Bertz CT molecular complexity index is 997. The van der Waals surface area contributed by atoms with E-state index >= 15 is 0 Å². The maximum Gasteiger partial charge on any atom is 0.274 e. The predicted octanol–water partition coefficient (Wildman–Crippen LogP) is 2.39. The highest BCUT2D eigenvalue weighted by molar-refractivity contribution is 5.94. The van der Waals surface area contributed by atoms with Gasteiger partial charge in [0.1, 0.15) is 11.5 Å². The van der Waals surface area contributed by atoms with Crippen molar-refractivity contribution >= 4 is 11.8 Å². The summed E-state index contributed by atoms with van der Waals surface area (Å²) in [5.74, 6) is 0.0192. The van der Waals surface area contributed by atoms with Gasteiger partial charge in [-0.25, -0.2) is 10.5 Å². The molecule has 4 rings (SSSR count). The van der Waals surface area contributed by atoms with Gasteiger partial charge in [0.2, 0.25) is 0 Å². The molecule has 0 radical (unpaired) electrons. The Kier molecular flexibility index (Phi) is 4.43. The highest BCUT2D eigenvalue weighted by atomic mass is 16.5. The zero-order chi connectivity index (χ0) is 18.8. The van der Waals surface area contributed by atoms with Crippen molar-refractivity contribution in [3.05, 3.63) is 77.1 Å². The van der Waals surface area contributed by atoms with Crippen LogP contribution in [0, 0.1) is 0 Å². The standard InChI is InChI=1S/C20H18N4O3/c25-19(23-27)15-6-7-16-12-24(9-8-14(16)10-15)20(26)17-11-21-18(22-17)13-4-2-1-3-5-13/h1-7,10-11,27H,8-9,12H2,(H,21,22)(H,23,25). The molecule has 27 heavy (non-hydrogen) atoms. The fourth-order valence-corrected chi connectivity index (χ4v) is 3.28. The maximum absolute atomic E-state index is 12.8. The number of nitrogens with zero attached hydrogens (tertiary/aromatic N) is 2. The third-order valence-electron chi connectivity index (χ3n) is 4.72. The van der Waals surface area contributed by atoms with E-state index in [9.17, 15) is 9.59 Å². The maximum atomic E-state index is 12.8. The molecule has 0 unspecified atom stereocenters. The fraction of sp³-hybridized carbons (Fsp3) is 0.150. The van der Waals surface area contributed by atoms with E-state index in [1.165, 1.54) is 0 Å². The quantitative estimate of drug-likeness (QED) is 0.492. The molecule has 0 bridgehead atoms. The van der Waals surface area contributed by atoms with Gasteiger partial charge in [0, 0.05) is 24.2 Å². The number of hydroxylamine groups is 1. The van der Waals surface area contributed by atoms with Crippen LogP contribution in [0.2, 0.25) is 0 Å². The molecule has 0 aliphatic carbocycles. The van der Waals surface area contributed by atoms with E-state index in [2.05, 4.69) is 9.97 Å². The summed E-state index contributed by atoms with van der Waals surface area (Å²) in [5.41, 5.74) is 5.42. The van der Waals surface area contributed by atoms with Crippen LogP contribution >= 0.6 is 0 Å². The number of fused-ring (bicyclic) bond motifs is 1. The van der Waals surface area contributed by atoms with Gasteiger partial charge in [-0.2, -0.15) is 0 Å². The number of benzene rings is 2. The van der Waals surface area contributed by atoms with Crippen LogP contribution in [0.5, 0.6) is 0 Å². The molecule has 0 saturated carbocycles. The Labute approximate surface area is 155 Å². The highest BCUT2D eigenvalue weighted by Gasteiger charge is 2.24. The normalized spacial score (nSPS) is 13.1. The summed E-state index contributed by atoms with van der Waals surface area (Å²) >= 11 is 0. The molecule has 0 saturated heterocycles. The van der Waals surface area contributed by atoms with Crippen LogP contribution in [0.15, 0.2) is 54.7 Å². The number of carbonyl (C=O) groups is 2. The monoisotopic (exact) mass is 362 g/mol. The molecule has 0 spiro atoms. The number of imidazole rings is 1. The van der Waals surface area contributed by atoms with Crippen LogP contribution in [0.25, 0.3) is 11.4 Å². The van der Waals surface area contributed by atoms with Gasteiger partial charge >= 0.3 is 0 Å². The Morgan fingerprint density at radius 2 is 1.93 bits per heavy atom. The van der Waals surface area contributed by atoms with E-state index in [-0.39, 0.29) is 5.91 Å². The van der Waals surface area contributed by atoms with Crippen molar-refractivity contribution in [3.8, 4) is 11.4 Å². The molecule has 0 fully saturated rings. The molecular formula is C20H18N4O3. The summed E-state index contributed by atoms with van der Waals surface area (Å²) in [5, 5.41) is 8.76. The topological polar surface area (TPSA) is 98.3 Å². The third kappa shape index (κ3) is 3.32. The number of carbonyl (C=O) groups excluding carboxylic acids is 2. The zero-order valence-corrected chi connectivity index (χ0v) is 14.5. The number of rotatable bonds is 3. The number of aromatic amines is 1. The molecule has 7 heteroatoms. The van der Waals surface area contributed by atoms with E-state index < -0.39 is 5.91 Å². The molecule has 136 valence electrons. The molecule has 1 aliphatic heterocycles. The lowest BCUT2D eigenvalue weighted by molar-refractivity contribution is 0.0702. The molecule has 3 aromatic rings. The Balaban J connectivity index is 1.51.